The van der Waals surface area contributed by atoms with Crippen molar-refractivity contribution < 1.29 is 9.53 Å². The number of hydrogen-bond acceptors (Lipinski definition) is 6. The Hall–Kier alpha value is -2.32. The Balaban J connectivity index is 1.56. The zero-order chi connectivity index (χ0) is 17.6. The number of ether oxygens (including phenoxy) is 1. The highest BCUT2D eigenvalue weighted by Gasteiger charge is 2.12. The van der Waals surface area contributed by atoms with Crippen molar-refractivity contribution in [2.45, 2.75) is 11.6 Å². The number of nitrogens with zero attached hydrogens (tertiary/aromatic N) is 3. The maximum Gasteiger partial charge on any atom is 0.234 e. The Morgan fingerprint density at radius 2 is 2.20 bits per heavy atom. The summed E-state index contributed by atoms with van der Waals surface area (Å²) in [5, 5.41) is 14.0. The van der Waals surface area contributed by atoms with Crippen LogP contribution in [0.4, 0.5) is 5.69 Å². The van der Waals surface area contributed by atoms with Crippen molar-refractivity contribution in [1.82, 2.24) is 14.8 Å². The molecule has 0 saturated carbocycles. The van der Waals surface area contributed by atoms with Gasteiger partial charge in [0, 0.05) is 30.1 Å². The highest BCUT2D eigenvalue weighted by Crippen LogP contribution is 2.20. The van der Waals surface area contributed by atoms with E-state index in [1.807, 2.05) is 41.3 Å². The first-order valence-corrected chi connectivity index (χ1v) is 9.49. The third-order valence-electron chi connectivity index (χ3n) is 3.52. The standard InChI is InChI=1S/C17H18N4O2S2/c1-21-15(10-14-7-4-8-24-14)19-20-17(21)25-11-16(22)18-12-5-3-6-13(9-12)23-2/h3-9H,10-11H2,1-2H3,(H,18,22). The van der Waals surface area contributed by atoms with Crippen molar-refractivity contribution in [3.63, 3.8) is 0 Å². The molecule has 3 rings (SSSR count). The van der Waals surface area contributed by atoms with Gasteiger partial charge in [-0.2, -0.15) is 0 Å². The molecule has 0 spiro atoms. The van der Waals surface area contributed by atoms with Crippen LogP contribution in [0.3, 0.4) is 0 Å². The molecule has 0 radical (unpaired) electrons. The number of thiophene rings is 1. The first kappa shape index (κ1) is 17.5. The Morgan fingerprint density at radius 3 is 2.96 bits per heavy atom. The summed E-state index contributed by atoms with van der Waals surface area (Å²) >= 11 is 3.06. The molecule has 25 heavy (non-hydrogen) atoms. The first-order valence-electron chi connectivity index (χ1n) is 7.63. The number of aromatic nitrogens is 3. The molecule has 2 heterocycles. The molecule has 0 aliphatic heterocycles. The molecule has 0 fully saturated rings. The van der Waals surface area contributed by atoms with Crippen LogP contribution < -0.4 is 10.1 Å². The van der Waals surface area contributed by atoms with Crippen molar-refractivity contribution >= 4 is 34.7 Å². The Bertz CT molecular complexity index is 846. The minimum Gasteiger partial charge on any atom is -0.497 e. The minimum absolute atomic E-state index is 0.0962. The average Bonchev–Trinajstić information content (AvgIpc) is 3.25. The summed E-state index contributed by atoms with van der Waals surface area (Å²) in [7, 11) is 3.52. The fourth-order valence-corrected chi connectivity index (χ4v) is 3.65. The second kappa shape index (κ2) is 8.17. The van der Waals surface area contributed by atoms with E-state index in [9.17, 15) is 4.79 Å². The zero-order valence-corrected chi connectivity index (χ0v) is 15.6. The van der Waals surface area contributed by atoms with Gasteiger partial charge in [0.05, 0.1) is 12.9 Å². The van der Waals surface area contributed by atoms with Crippen LogP contribution in [-0.4, -0.2) is 33.5 Å². The quantitative estimate of drug-likeness (QED) is 0.643. The van der Waals surface area contributed by atoms with Crippen LogP contribution in [0.15, 0.2) is 46.9 Å². The predicted molar refractivity (Wildman–Crippen MR) is 100 cm³/mol. The lowest BCUT2D eigenvalue weighted by molar-refractivity contribution is -0.113. The molecular weight excluding hydrogens is 356 g/mol. The lowest BCUT2D eigenvalue weighted by Gasteiger charge is -2.07. The monoisotopic (exact) mass is 374 g/mol. The summed E-state index contributed by atoms with van der Waals surface area (Å²) in [6, 6.07) is 11.4. The lowest BCUT2D eigenvalue weighted by atomic mass is 10.3. The van der Waals surface area contributed by atoms with Crippen LogP contribution in [0, 0.1) is 0 Å². The normalized spacial score (nSPS) is 10.6. The van der Waals surface area contributed by atoms with Gasteiger partial charge in [-0.05, 0) is 23.6 Å². The van der Waals surface area contributed by atoms with E-state index in [0.29, 0.717) is 11.4 Å². The topological polar surface area (TPSA) is 69.0 Å². The number of benzene rings is 1. The van der Waals surface area contributed by atoms with Crippen LogP contribution in [0.2, 0.25) is 0 Å². The molecule has 6 nitrogen and oxygen atoms in total. The molecule has 0 aliphatic carbocycles. The van der Waals surface area contributed by atoms with Gasteiger partial charge in [0.1, 0.15) is 11.6 Å². The van der Waals surface area contributed by atoms with E-state index in [-0.39, 0.29) is 11.7 Å². The summed E-state index contributed by atoms with van der Waals surface area (Å²) < 4.78 is 7.08. The third-order valence-corrected chi connectivity index (χ3v) is 5.42. The molecule has 0 saturated heterocycles. The molecule has 0 unspecified atom stereocenters. The number of methoxy groups -OCH3 is 1. The number of rotatable bonds is 7. The highest BCUT2D eigenvalue weighted by molar-refractivity contribution is 7.99. The Labute approximate surface area is 154 Å². The van der Waals surface area contributed by atoms with Crippen molar-refractivity contribution in [3.8, 4) is 5.75 Å². The number of thioether (sulfide) groups is 1. The SMILES string of the molecule is COc1cccc(NC(=O)CSc2nnc(Cc3cccs3)n2C)c1. The molecule has 1 aromatic carbocycles. The number of hydrogen-bond donors (Lipinski definition) is 1. The van der Waals surface area contributed by atoms with E-state index in [0.717, 1.165) is 17.4 Å². The zero-order valence-electron chi connectivity index (χ0n) is 13.9. The molecule has 0 atom stereocenters. The number of nitrogens with one attached hydrogen (secondary N) is 1. The van der Waals surface area contributed by atoms with Gasteiger partial charge in [-0.25, -0.2) is 0 Å². The van der Waals surface area contributed by atoms with Crippen LogP contribution in [-0.2, 0) is 18.3 Å². The van der Waals surface area contributed by atoms with Gasteiger partial charge in [-0.1, -0.05) is 23.9 Å². The van der Waals surface area contributed by atoms with Crippen molar-refractivity contribution in [1.29, 1.82) is 0 Å². The third kappa shape index (κ3) is 4.61. The van der Waals surface area contributed by atoms with Crippen molar-refractivity contribution in [3.05, 3.63) is 52.5 Å². The molecule has 0 bridgehead atoms. The predicted octanol–water partition coefficient (Wildman–Crippen LogP) is 3.21. The summed E-state index contributed by atoms with van der Waals surface area (Å²) in [4.78, 5) is 13.4. The summed E-state index contributed by atoms with van der Waals surface area (Å²) in [6.45, 7) is 0. The Kier molecular flexibility index (Phi) is 5.72. The molecule has 3 aromatic rings. The first-order chi connectivity index (χ1) is 12.2. The second-order valence-electron chi connectivity index (χ2n) is 5.28. The van der Waals surface area contributed by atoms with Crippen LogP contribution >= 0.6 is 23.1 Å². The minimum atomic E-state index is -0.0962. The van der Waals surface area contributed by atoms with Crippen molar-refractivity contribution in [2.75, 3.05) is 18.2 Å². The van der Waals surface area contributed by atoms with Crippen LogP contribution in [0.25, 0.3) is 0 Å². The highest BCUT2D eigenvalue weighted by atomic mass is 32.2. The molecule has 2 aromatic heterocycles. The van der Waals surface area contributed by atoms with E-state index in [1.165, 1.54) is 16.6 Å². The maximum atomic E-state index is 12.1. The van der Waals surface area contributed by atoms with E-state index >= 15 is 0 Å². The van der Waals surface area contributed by atoms with Gasteiger partial charge in [-0.3, -0.25) is 4.79 Å². The molecule has 1 amide bonds. The van der Waals surface area contributed by atoms with E-state index < -0.39 is 0 Å². The molecule has 0 aliphatic rings. The van der Waals surface area contributed by atoms with Crippen LogP contribution in [0.1, 0.15) is 10.7 Å². The van der Waals surface area contributed by atoms with E-state index in [1.54, 1.807) is 24.5 Å². The fraction of sp³-hybridized carbons (Fsp3) is 0.235. The largest absolute Gasteiger partial charge is 0.497 e. The van der Waals surface area contributed by atoms with Crippen molar-refractivity contribution in [2.24, 2.45) is 7.05 Å². The van der Waals surface area contributed by atoms with Crippen LogP contribution in [0.5, 0.6) is 5.75 Å². The number of carbonyl (C=O) groups is 1. The maximum absolute atomic E-state index is 12.1. The van der Waals surface area contributed by atoms with E-state index in [2.05, 4.69) is 21.6 Å². The second-order valence-corrected chi connectivity index (χ2v) is 7.26. The van der Waals surface area contributed by atoms with E-state index in [4.69, 9.17) is 4.74 Å². The fourth-order valence-electron chi connectivity index (χ4n) is 2.22. The molecule has 130 valence electrons. The summed E-state index contributed by atoms with van der Waals surface area (Å²) in [6.07, 6.45) is 0.748. The number of anilines is 1. The summed E-state index contributed by atoms with van der Waals surface area (Å²) in [5.41, 5.74) is 0.710. The van der Waals surface area contributed by atoms with Gasteiger partial charge in [0.15, 0.2) is 5.16 Å². The van der Waals surface area contributed by atoms with Gasteiger partial charge >= 0.3 is 0 Å². The molecular formula is C17H18N4O2S2. The number of carbonyl (C=O) groups excluding carboxylic acids is 1. The van der Waals surface area contributed by atoms with Gasteiger partial charge < -0.3 is 14.6 Å². The Morgan fingerprint density at radius 1 is 1.32 bits per heavy atom. The summed E-state index contributed by atoms with van der Waals surface area (Å²) in [5.74, 6) is 1.76. The molecule has 1 N–H and O–H groups in total. The van der Waals surface area contributed by atoms with Gasteiger partial charge in [0.2, 0.25) is 5.91 Å². The smallest absolute Gasteiger partial charge is 0.234 e. The molecule has 8 heteroatoms. The average molecular weight is 374 g/mol. The van der Waals surface area contributed by atoms with Gasteiger partial charge in [0.25, 0.3) is 0 Å². The van der Waals surface area contributed by atoms with Gasteiger partial charge in [-0.15, -0.1) is 21.5 Å². The lowest BCUT2D eigenvalue weighted by Crippen LogP contribution is -2.14. The number of amides is 1.